The van der Waals surface area contributed by atoms with Crippen LogP contribution in [-0.4, -0.2) is 23.7 Å². The van der Waals surface area contributed by atoms with Crippen molar-refractivity contribution in [3.8, 4) is 0 Å². The summed E-state index contributed by atoms with van der Waals surface area (Å²) < 4.78 is 13.3. The molecule has 0 aromatic heterocycles. The van der Waals surface area contributed by atoms with Crippen molar-refractivity contribution in [2.24, 2.45) is 0 Å². The zero-order chi connectivity index (χ0) is 13.4. The van der Waals surface area contributed by atoms with Crippen LogP contribution in [-0.2, 0) is 4.79 Å². The number of amides is 1. The lowest BCUT2D eigenvalue weighted by molar-refractivity contribution is -0.117. The molecule has 1 unspecified atom stereocenters. The van der Waals surface area contributed by atoms with Gasteiger partial charge in [0.05, 0.1) is 0 Å². The predicted molar refractivity (Wildman–Crippen MR) is 69.4 cm³/mol. The van der Waals surface area contributed by atoms with Gasteiger partial charge in [0.2, 0.25) is 5.91 Å². The molecule has 0 aliphatic carbocycles. The van der Waals surface area contributed by atoms with Gasteiger partial charge in [0, 0.05) is 24.3 Å². The number of hydrogen-bond acceptors (Lipinski definition) is 2. The maximum absolute atomic E-state index is 13.3. The highest BCUT2D eigenvalue weighted by atomic mass is 19.1. The van der Waals surface area contributed by atoms with Gasteiger partial charge in [-0.25, -0.2) is 4.39 Å². The Kier molecular flexibility index (Phi) is 6.08. The molecule has 0 saturated carbocycles. The lowest BCUT2D eigenvalue weighted by Gasteiger charge is -2.11. The van der Waals surface area contributed by atoms with Crippen LogP contribution in [0.3, 0.4) is 0 Å². The molecule has 0 saturated heterocycles. The Morgan fingerprint density at radius 2 is 2.22 bits per heavy atom. The molecular weight excluding hydrogens is 233 g/mol. The Balaban J connectivity index is 2.47. The van der Waals surface area contributed by atoms with E-state index in [2.05, 4.69) is 5.32 Å². The second-order valence-electron chi connectivity index (χ2n) is 4.13. The number of aliphatic hydroxyl groups is 1. The second kappa shape index (κ2) is 7.61. The molecule has 1 aromatic rings. The Morgan fingerprint density at radius 1 is 1.50 bits per heavy atom. The SMILES string of the molecule is CC(CCCO)NC(=O)C=Cc1ccccc1F. The van der Waals surface area contributed by atoms with Gasteiger partial charge in [0.1, 0.15) is 5.82 Å². The summed E-state index contributed by atoms with van der Waals surface area (Å²) in [4.78, 5) is 11.5. The molecule has 0 radical (unpaired) electrons. The van der Waals surface area contributed by atoms with Crippen molar-refractivity contribution in [3.63, 3.8) is 0 Å². The lowest BCUT2D eigenvalue weighted by Crippen LogP contribution is -2.31. The highest BCUT2D eigenvalue weighted by Gasteiger charge is 2.04. The summed E-state index contributed by atoms with van der Waals surface area (Å²) in [7, 11) is 0. The summed E-state index contributed by atoms with van der Waals surface area (Å²) in [5.74, 6) is -0.612. The standard InChI is InChI=1S/C14H18FNO2/c1-11(5-4-10-17)16-14(18)9-8-12-6-2-3-7-13(12)15/h2-3,6-9,11,17H,4-5,10H2,1H3,(H,16,18). The van der Waals surface area contributed by atoms with Crippen molar-refractivity contribution < 1.29 is 14.3 Å². The van der Waals surface area contributed by atoms with E-state index < -0.39 is 0 Å². The van der Waals surface area contributed by atoms with E-state index in [-0.39, 0.29) is 24.4 Å². The summed E-state index contributed by atoms with van der Waals surface area (Å²) in [6.07, 6.45) is 4.13. The molecule has 1 amide bonds. The third-order valence-electron chi connectivity index (χ3n) is 2.50. The van der Waals surface area contributed by atoms with Gasteiger partial charge in [-0.05, 0) is 31.9 Å². The number of halogens is 1. The number of rotatable bonds is 6. The Morgan fingerprint density at radius 3 is 2.89 bits per heavy atom. The van der Waals surface area contributed by atoms with E-state index in [1.807, 2.05) is 6.92 Å². The van der Waals surface area contributed by atoms with Gasteiger partial charge in [-0.3, -0.25) is 4.79 Å². The molecule has 0 aliphatic heterocycles. The molecule has 1 rings (SSSR count). The summed E-state index contributed by atoms with van der Waals surface area (Å²) in [5, 5.41) is 11.4. The molecule has 1 aromatic carbocycles. The first kappa shape index (κ1) is 14.4. The van der Waals surface area contributed by atoms with Crippen LogP contribution in [0.25, 0.3) is 6.08 Å². The van der Waals surface area contributed by atoms with E-state index in [1.54, 1.807) is 18.2 Å². The van der Waals surface area contributed by atoms with Crippen LogP contribution in [0.15, 0.2) is 30.3 Å². The molecule has 0 fully saturated rings. The lowest BCUT2D eigenvalue weighted by atomic mass is 10.1. The normalized spacial score (nSPS) is 12.6. The third kappa shape index (κ3) is 5.10. The minimum Gasteiger partial charge on any atom is -0.396 e. The minimum atomic E-state index is -0.352. The fraction of sp³-hybridized carbons (Fsp3) is 0.357. The van der Waals surface area contributed by atoms with E-state index in [1.165, 1.54) is 18.2 Å². The van der Waals surface area contributed by atoms with Crippen LogP contribution < -0.4 is 5.32 Å². The number of nitrogens with one attached hydrogen (secondary N) is 1. The molecule has 0 aliphatic rings. The average molecular weight is 251 g/mol. The summed E-state index contributed by atoms with van der Waals surface area (Å²) >= 11 is 0. The smallest absolute Gasteiger partial charge is 0.244 e. The Labute approximate surface area is 106 Å². The summed E-state index contributed by atoms with van der Waals surface area (Å²) in [6.45, 7) is 1.98. The molecule has 0 bridgehead atoms. The van der Waals surface area contributed by atoms with Crippen LogP contribution in [0.2, 0.25) is 0 Å². The van der Waals surface area contributed by atoms with Gasteiger partial charge in [-0.2, -0.15) is 0 Å². The first-order valence-corrected chi connectivity index (χ1v) is 5.97. The molecule has 98 valence electrons. The second-order valence-corrected chi connectivity index (χ2v) is 4.13. The molecule has 2 N–H and O–H groups in total. The van der Waals surface area contributed by atoms with Gasteiger partial charge >= 0.3 is 0 Å². The predicted octanol–water partition coefficient (Wildman–Crippen LogP) is 2.12. The van der Waals surface area contributed by atoms with Crippen molar-refractivity contribution in [1.82, 2.24) is 5.32 Å². The largest absolute Gasteiger partial charge is 0.396 e. The first-order valence-electron chi connectivity index (χ1n) is 5.97. The number of benzene rings is 1. The van der Waals surface area contributed by atoms with Crippen LogP contribution in [0.1, 0.15) is 25.3 Å². The summed E-state index contributed by atoms with van der Waals surface area (Å²) in [5.41, 5.74) is 0.385. The van der Waals surface area contributed by atoms with Crippen molar-refractivity contribution in [1.29, 1.82) is 0 Å². The van der Waals surface area contributed by atoms with Gasteiger partial charge in [0.25, 0.3) is 0 Å². The number of carbonyl (C=O) groups is 1. The van der Waals surface area contributed by atoms with E-state index in [9.17, 15) is 9.18 Å². The molecule has 0 heterocycles. The van der Waals surface area contributed by atoms with E-state index >= 15 is 0 Å². The maximum Gasteiger partial charge on any atom is 0.244 e. The number of aliphatic hydroxyl groups excluding tert-OH is 1. The summed E-state index contributed by atoms with van der Waals surface area (Å²) in [6, 6.07) is 6.26. The van der Waals surface area contributed by atoms with E-state index in [0.717, 1.165) is 6.42 Å². The van der Waals surface area contributed by atoms with E-state index in [0.29, 0.717) is 12.0 Å². The topological polar surface area (TPSA) is 49.3 Å². The van der Waals surface area contributed by atoms with E-state index in [4.69, 9.17) is 5.11 Å². The van der Waals surface area contributed by atoms with Crippen molar-refractivity contribution in [2.75, 3.05) is 6.61 Å². The highest BCUT2D eigenvalue weighted by Crippen LogP contribution is 2.07. The first-order chi connectivity index (χ1) is 8.63. The van der Waals surface area contributed by atoms with Gasteiger partial charge < -0.3 is 10.4 Å². The minimum absolute atomic E-state index is 0.00470. The molecular formula is C14H18FNO2. The molecule has 0 spiro atoms. The van der Waals surface area contributed by atoms with Crippen LogP contribution >= 0.6 is 0 Å². The maximum atomic E-state index is 13.3. The fourth-order valence-corrected chi connectivity index (χ4v) is 1.54. The van der Waals surface area contributed by atoms with Crippen molar-refractivity contribution in [3.05, 3.63) is 41.7 Å². The van der Waals surface area contributed by atoms with Gasteiger partial charge in [0.15, 0.2) is 0 Å². The number of hydrogen-bond donors (Lipinski definition) is 2. The fourth-order valence-electron chi connectivity index (χ4n) is 1.54. The molecule has 18 heavy (non-hydrogen) atoms. The quantitative estimate of drug-likeness (QED) is 0.761. The Hall–Kier alpha value is -1.68. The van der Waals surface area contributed by atoms with Crippen molar-refractivity contribution >= 4 is 12.0 Å². The molecule has 3 nitrogen and oxygen atoms in total. The third-order valence-corrected chi connectivity index (χ3v) is 2.50. The van der Waals surface area contributed by atoms with Crippen LogP contribution in [0, 0.1) is 5.82 Å². The molecule has 1 atom stereocenters. The zero-order valence-electron chi connectivity index (χ0n) is 10.4. The molecule has 4 heteroatoms. The van der Waals surface area contributed by atoms with Crippen LogP contribution in [0.4, 0.5) is 4.39 Å². The van der Waals surface area contributed by atoms with Crippen LogP contribution in [0.5, 0.6) is 0 Å². The van der Waals surface area contributed by atoms with Gasteiger partial charge in [-0.15, -0.1) is 0 Å². The van der Waals surface area contributed by atoms with Crippen molar-refractivity contribution in [2.45, 2.75) is 25.8 Å². The highest BCUT2D eigenvalue weighted by molar-refractivity contribution is 5.91. The monoisotopic (exact) mass is 251 g/mol. The average Bonchev–Trinajstić information content (AvgIpc) is 2.35. The van der Waals surface area contributed by atoms with Gasteiger partial charge in [-0.1, -0.05) is 18.2 Å². The zero-order valence-corrected chi connectivity index (χ0v) is 10.4. The number of carbonyl (C=O) groups excluding carboxylic acids is 1. The Bertz CT molecular complexity index is 418.